The molecule has 2 aromatic carbocycles. The van der Waals surface area contributed by atoms with Crippen LogP contribution in [0.5, 0.6) is 0 Å². The van der Waals surface area contributed by atoms with Crippen LogP contribution >= 0.6 is 0 Å². The number of nitrogens with zero attached hydrogens (tertiary/aromatic N) is 2. The summed E-state index contributed by atoms with van der Waals surface area (Å²) in [6.07, 6.45) is 4.14. The average molecular weight is 396 g/mol. The Balaban J connectivity index is 1.76. The highest BCUT2D eigenvalue weighted by Crippen LogP contribution is 2.29. The van der Waals surface area contributed by atoms with Crippen molar-refractivity contribution in [1.29, 1.82) is 0 Å². The van der Waals surface area contributed by atoms with Crippen LogP contribution in [0.1, 0.15) is 63.5 Å². The fourth-order valence-corrected chi connectivity index (χ4v) is 3.70. The summed E-state index contributed by atoms with van der Waals surface area (Å²) in [5.41, 5.74) is 2.52. The van der Waals surface area contributed by atoms with Crippen LogP contribution in [-0.2, 0) is 5.54 Å². The Bertz CT molecular complexity index is 846. The third-order valence-electron chi connectivity index (χ3n) is 5.47. The molecule has 29 heavy (non-hydrogen) atoms. The first-order chi connectivity index (χ1) is 13.9. The second kappa shape index (κ2) is 9.21. The van der Waals surface area contributed by atoms with Crippen LogP contribution < -0.4 is 5.32 Å². The Morgan fingerprint density at radius 3 is 2.48 bits per heavy atom. The summed E-state index contributed by atoms with van der Waals surface area (Å²) in [6, 6.07) is 16.2. The first-order valence-corrected chi connectivity index (χ1v) is 10.4. The van der Waals surface area contributed by atoms with Crippen molar-refractivity contribution in [3.05, 3.63) is 71.5 Å². The largest absolute Gasteiger partial charge is 0.338 e. The topological polar surface area (TPSA) is 44.7 Å². The summed E-state index contributed by atoms with van der Waals surface area (Å²) in [4.78, 5) is 13.0. The lowest BCUT2D eigenvalue weighted by Gasteiger charge is -2.28. The van der Waals surface area contributed by atoms with Crippen molar-refractivity contribution in [3.8, 4) is 0 Å². The highest BCUT2D eigenvalue weighted by atomic mass is 19.1. The molecular weight excluding hydrogens is 365 g/mol. The van der Waals surface area contributed by atoms with Gasteiger partial charge in [0.1, 0.15) is 5.82 Å². The van der Waals surface area contributed by atoms with E-state index in [1.54, 1.807) is 12.1 Å². The van der Waals surface area contributed by atoms with E-state index in [0.29, 0.717) is 6.54 Å². The summed E-state index contributed by atoms with van der Waals surface area (Å²) in [6.45, 7) is 6.61. The van der Waals surface area contributed by atoms with Crippen LogP contribution in [-0.4, -0.2) is 23.3 Å². The van der Waals surface area contributed by atoms with E-state index in [4.69, 9.17) is 0 Å². The molecule has 0 saturated heterocycles. The van der Waals surface area contributed by atoms with Crippen LogP contribution in [0.3, 0.4) is 0 Å². The zero-order chi connectivity index (χ0) is 20.9. The van der Waals surface area contributed by atoms with Crippen LogP contribution in [0, 0.1) is 5.82 Å². The molecule has 5 heteroatoms. The minimum Gasteiger partial charge on any atom is -0.328 e. The number of unbranched alkanes of at least 4 members (excludes halogenated alkanes) is 2. The van der Waals surface area contributed by atoms with Crippen molar-refractivity contribution in [2.24, 2.45) is 5.10 Å². The van der Waals surface area contributed by atoms with Gasteiger partial charge >= 0.3 is 6.03 Å². The third-order valence-corrected chi connectivity index (χ3v) is 5.47. The summed E-state index contributed by atoms with van der Waals surface area (Å²) in [5.74, 6) is -0.242. The van der Waals surface area contributed by atoms with Gasteiger partial charge in [-0.25, -0.2) is 14.2 Å². The standard InChI is InChI=1S/C24H30FN3O/c1-4-5-7-12-22-21(18-13-15-20(25)16-14-18)17-28(27-22)23(29)26-24(2,3)19-10-8-6-9-11-19/h6,8-11,13-16,21H,4-5,7,12,17H2,1-3H3,(H,26,29). The van der Waals surface area contributed by atoms with Gasteiger partial charge in [-0.3, -0.25) is 0 Å². The van der Waals surface area contributed by atoms with Crippen LogP contribution in [0.15, 0.2) is 59.7 Å². The number of nitrogens with one attached hydrogen (secondary N) is 1. The zero-order valence-corrected chi connectivity index (χ0v) is 17.5. The predicted octanol–water partition coefficient (Wildman–Crippen LogP) is 5.81. The number of halogens is 1. The lowest BCUT2D eigenvalue weighted by molar-refractivity contribution is 0.192. The SMILES string of the molecule is CCCCCC1=NN(C(=O)NC(C)(C)c2ccccc2)CC1c1ccc(F)cc1. The predicted molar refractivity (Wildman–Crippen MR) is 115 cm³/mol. The molecule has 1 heterocycles. The Morgan fingerprint density at radius 2 is 1.83 bits per heavy atom. The van der Waals surface area contributed by atoms with Crippen LogP contribution in [0.25, 0.3) is 0 Å². The summed E-state index contributed by atoms with van der Waals surface area (Å²) in [7, 11) is 0. The van der Waals surface area contributed by atoms with Crippen molar-refractivity contribution in [1.82, 2.24) is 10.3 Å². The molecule has 0 spiro atoms. The second-order valence-electron chi connectivity index (χ2n) is 8.16. The average Bonchev–Trinajstić information content (AvgIpc) is 3.13. The van der Waals surface area contributed by atoms with E-state index in [0.717, 1.165) is 42.5 Å². The van der Waals surface area contributed by atoms with E-state index in [-0.39, 0.29) is 17.8 Å². The molecule has 0 radical (unpaired) electrons. The Morgan fingerprint density at radius 1 is 1.14 bits per heavy atom. The monoisotopic (exact) mass is 395 g/mol. The molecule has 154 valence electrons. The Kier molecular flexibility index (Phi) is 6.68. The van der Waals surface area contributed by atoms with Gasteiger partial charge in [0.25, 0.3) is 0 Å². The second-order valence-corrected chi connectivity index (χ2v) is 8.16. The molecule has 0 aromatic heterocycles. The minimum atomic E-state index is -0.510. The van der Waals surface area contributed by atoms with Crippen molar-refractivity contribution in [2.75, 3.05) is 6.54 Å². The van der Waals surface area contributed by atoms with Crippen molar-refractivity contribution in [3.63, 3.8) is 0 Å². The highest BCUT2D eigenvalue weighted by molar-refractivity contribution is 5.94. The van der Waals surface area contributed by atoms with Gasteiger partial charge in [0.05, 0.1) is 12.1 Å². The lowest BCUT2D eigenvalue weighted by Crippen LogP contribution is -2.46. The van der Waals surface area contributed by atoms with E-state index in [1.807, 2.05) is 44.2 Å². The van der Waals surface area contributed by atoms with E-state index in [2.05, 4.69) is 17.3 Å². The number of hydrazone groups is 1. The van der Waals surface area contributed by atoms with Gasteiger partial charge in [-0.1, -0.05) is 62.2 Å². The number of hydrogen-bond acceptors (Lipinski definition) is 2. The van der Waals surface area contributed by atoms with Crippen LogP contribution in [0.4, 0.5) is 9.18 Å². The molecule has 1 atom stereocenters. The van der Waals surface area contributed by atoms with Gasteiger partial charge < -0.3 is 5.32 Å². The van der Waals surface area contributed by atoms with Crippen molar-refractivity contribution in [2.45, 2.75) is 57.9 Å². The minimum absolute atomic E-state index is 0.0121. The van der Waals surface area contributed by atoms with Crippen molar-refractivity contribution < 1.29 is 9.18 Å². The number of carbonyl (C=O) groups excluding carboxylic acids is 1. The molecular formula is C24H30FN3O. The van der Waals surface area contributed by atoms with Gasteiger partial charge in [0.15, 0.2) is 0 Å². The number of benzene rings is 2. The van der Waals surface area contributed by atoms with Crippen molar-refractivity contribution >= 4 is 11.7 Å². The van der Waals surface area contributed by atoms with E-state index in [1.165, 1.54) is 17.1 Å². The maximum Gasteiger partial charge on any atom is 0.338 e. The fraction of sp³-hybridized carbons (Fsp3) is 0.417. The quantitative estimate of drug-likeness (QED) is 0.591. The van der Waals surface area contributed by atoms with Gasteiger partial charge in [-0.05, 0) is 49.9 Å². The Labute approximate surface area is 172 Å². The normalized spacial score (nSPS) is 16.6. The van der Waals surface area contributed by atoms with E-state index in [9.17, 15) is 9.18 Å². The maximum atomic E-state index is 13.4. The van der Waals surface area contributed by atoms with Gasteiger partial charge in [-0.2, -0.15) is 5.10 Å². The van der Waals surface area contributed by atoms with Gasteiger partial charge in [0.2, 0.25) is 0 Å². The first kappa shape index (κ1) is 21.0. The molecule has 1 N–H and O–H groups in total. The molecule has 2 aromatic rings. The molecule has 1 unspecified atom stereocenters. The summed E-state index contributed by atoms with van der Waals surface area (Å²) >= 11 is 0. The molecule has 1 aliphatic heterocycles. The number of amides is 2. The van der Waals surface area contributed by atoms with Crippen LogP contribution in [0.2, 0.25) is 0 Å². The van der Waals surface area contributed by atoms with E-state index < -0.39 is 5.54 Å². The number of carbonyl (C=O) groups is 1. The van der Waals surface area contributed by atoms with Gasteiger partial charge in [0, 0.05) is 11.6 Å². The maximum absolute atomic E-state index is 13.4. The molecule has 0 aliphatic carbocycles. The lowest BCUT2D eigenvalue weighted by atomic mass is 9.91. The third kappa shape index (κ3) is 5.22. The summed E-state index contributed by atoms with van der Waals surface area (Å²) in [5, 5.41) is 9.29. The molecule has 0 saturated carbocycles. The number of urea groups is 1. The molecule has 4 nitrogen and oxygen atoms in total. The van der Waals surface area contributed by atoms with E-state index >= 15 is 0 Å². The smallest absolute Gasteiger partial charge is 0.328 e. The molecule has 1 aliphatic rings. The van der Waals surface area contributed by atoms with Gasteiger partial charge in [-0.15, -0.1) is 0 Å². The molecule has 0 fully saturated rings. The highest BCUT2D eigenvalue weighted by Gasteiger charge is 2.33. The molecule has 0 bridgehead atoms. The molecule has 2 amide bonds. The first-order valence-electron chi connectivity index (χ1n) is 10.4. The Hall–Kier alpha value is -2.69. The number of rotatable bonds is 7. The summed E-state index contributed by atoms with van der Waals surface area (Å²) < 4.78 is 13.4. The zero-order valence-electron chi connectivity index (χ0n) is 17.5. The fourth-order valence-electron chi connectivity index (χ4n) is 3.70. The molecule has 3 rings (SSSR count). The number of hydrogen-bond donors (Lipinski definition) is 1.